The summed E-state index contributed by atoms with van der Waals surface area (Å²) in [5, 5.41) is 12.5. The fourth-order valence-corrected chi connectivity index (χ4v) is 3.07. The first-order chi connectivity index (χ1) is 7.33. The van der Waals surface area contributed by atoms with Crippen LogP contribution in [0, 0.1) is 5.92 Å². The van der Waals surface area contributed by atoms with Gasteiger partial charge in [0.25, 0.3) is 0 Å². The first-order valence-corrected chi connectivity index (χ1v) is 6.35. The van der Waals surface area contributed by atoms with E-state index < -0.39 is 0 Å². The molecular weight excluding hydrogens is 188 g/mol. The molecule has 2 rings (SSSR count). The predicted molar refractivity (Wildman–Crippen MR) is 61.9 cm³/mol. The van der Waals surface area contributed by atoms with Crippen LogP contribution in [0.2, 0.25) is 0 Å². The number of nitrogens with zero attached hydrogens (tertiary/aromatic N) is 1. The SMILES string of the molecule is CNC1CCC(N2CCC(CO)C2)CC1. The third-order valence-electron chi connectivity index (χ3n) is 4.20. The van der Waals surface area contributed by atoms with Crippen LogP contribution in [0.3, 0.4) is 0 Å². The quantitative estimate of drug-likeness (QED) is 0.727. The van der Waals surface area contributed by atoms with Crippen molar-refractivity contribution < 1.29 is 5.11 Å². The van der Waals surface area contributed by atoms with Crippen molar-refractivity contribution >= 4 is 0 Å². The lowest BCUT2D eigenvalue weighted by molar-refractivity contribution is 0.158. The third-order valence-corrected chi connectivity index (χ3v) is 4.20. The maximum absolute atomic E-state index is 9.13. The molecule has 3 nitrogen and oxygen atoms in total. The van der Waals surface area contributed by atoms with Crippen LogP contribution in [0.1, 0.15) is 32.1 Å². The van der Waals surface area contributed by atoms with Gasteiger partial charge in [-0.15, -0.1) is 0 Å². The summed E-state index contributed by atoms with van der Waals surface area (Å²) in [6.07, 6.45) is 6.51. The van der Waals surface area contributed by atoms with Crippen LogP contribution in [0.4, 0.5) is 0 Å². The topological polar surface area (TPSA) is 35.5 Å². The van der Waals surface area contributed by atoms with E-state index in [2.05, 4.69) is 17.3 Å². The van der Waals surface area contributed by atoms with E-state index in [-0.39, 0.29) is 0 Å². The highest BCUT2D eigenvalue weighted by molar-refractivity contribution is 4.86. The summed E-state index contributed by atoms with van der Waals surface area (Å²) < 4.78 is 0. The second-order valence-corrected chi connectivity index (χ2v) is 5.13. The molecule has 1 saturated heterocycles. The first kappa shape index (κ1) is 11.4. The van der Waals surface area contributed by atoms with Crippen LogP contribution in [0.5, 0.6) is 0 Å². The van der Waals surface area contributed by atoms with E-state index in [0.717, 1.165) is 18.6 Å². The monoisotopic (exact) mass is 212 g/mol. The Hall–Kier alpha value is -0.120. The van der Waals surface area contributed by atoms with Gasteiger partial charge in [-0.25, -0.2) is 0 Å². The van der Waals surface area contributed by atoms with Crippen LogP contribution in [-0.2, 0) is 0 Å². The van der Waals surface area contributed by atoms with Gasteiger partial charge in [0.05, 0.1) is 0 Å². The molecule has 1 unspecified atom stereocenters. The molecule has 0 spiro atoms. The zero-order chi connectivity index (χ0) is 10.7. The molecule has 0 aromatic rings. The number of aliphatic hydroxyl groups is 1. The van der Waals surface area contributed by atoms with Gasteiger partial charge < -0.3 is 15.3 Å². The van der Waals surface area contributed by atoms with Gasteiger partial charge in [0.1, 0.15) is 0 Å². The van der Waals surface area contributed by atoms with Gasteiger partial charge in [-0.2, -0.15) is 0 Å². The molecule has 1 aliphatic heterocycles. The van der Waals surface area contributed by atoms with Gasteiger partial charge in [0.15, 0.2) is 0 Å². The number of hydrogen-bond acceptors (Lipinski definition) is 3. The normalized spacial score (nSPS) is 38.4. The average molecular weight is 212 g/mol. The largest absolute Gasteiger partial charge is 0.396 e. The van der Waals surface area contributed by atoms with Crippen LogP contribution >= 0.6 is 0 Å². The van der Waals surface area contributed by atoms with Crippen molar-refractivity contribution in [2.24, 2.45) is 5.92 Å². The highest BCUT2D eigenvalue weighted by atomic mass is 16.3. The molecule has 0 aromatic heterocycles. The molecule has 1 atom stereocenters. The van der Waals surface area contributed by atoms with E-state index in [1.807, 2.05) is 0 Å². The summed E-state index contributed by atoms with van der Waals surface area (Å²) in [5.41, 5.74) is 0. The Morgan fingerprint density at radius 1 is 1.20 bits per heavy atom. The molecular formula is C12H24N2O. The Bertz CT molecular complexity index is 190. The Morgan fingerprint density at radius 2 is 1.93 bits per heavy atom. The van der Waals surface area contributed by atoms with E-state index in [1.165, 1.54) is 38.6 Å². The molecule has 0 amide bonds. The minimum Gasteiger partial charge on any atom is -0.396 e. The Labute approximate surface area is 92.8 Å². The molecule has 1 saturated carbocycles. The lowest BCUT2D eigenvalue weighted by Crippen LogP contribution is -2.40. The molecule has 2 N–H and O–H groups in total. The zero-order valence-electron chi connectivity index (χ0n) is 9.78. The van der Waals surface area contributed by atoms with E-state index in [0.29, 0.717) is 12.5 Å². The number of aliphatic hydroxyl groups excluding tert-OH is 1. The molecule has 0 radical (unpaired) electrons. The Morgan fingerprint density at radius 3 is 2.47 bits per heavy atom. The summed E-state index contributed by atoms with van der Waals surface area (Å²) >= 11 is 0. The second-order valence-electron chi connectivity index (χ2n) is 5.13. The number of nitrogens with one attached hydrogen (secondary N) is 1. The van der Waals surface area contributed by atoms with Gasteiger partial charge >= 0.3 is 0 Å². The van der Waals surface area contributed by atoms with Crippen LogP contribution in [-0.4, -0.2) is 48.8 Å². The van der Waals surface area contributed by atoms with Gasteiger partial charge in [-0.3, -0.25) is 0 Å². The number of hydrogen-bond donors (Lipinski definition) is 2. The van der Waals surface area contributed by atoms with E-state index in [9.17, 15) is 0 Å². The lowest BCUT2D eigenvalue weighted by atomic mass is 9.90. The molecule has 88 valence electrons. The zero-order valence-corrected chi connectivity index (χ0v) is 9.78. The molecule has 3 heteroatoms. The average Bonchev–Trinajstić information content (AvgIpc) is 2.78. The molecule has 1 heterocycles. The fraction of sp³-hybridized carbons (Fsp3) is 1.00. The van der Waals surface area contributed by atoms with Gasteiger partial charge in [-0.05, 0) is 51.6 Å². The van der Waals surface area contributed by atoms with E-state index >= 15 is 0 Å². The van der Waals surface area contributed by atoms with Crippen molar-refractivity contribution in [1.29, 1.82) is 0 Å². The van der Waals surface area contributed by atoms with Crippen LogP contribution < -0.4 is 5.32 Å². The minimum atomic E-state index is 0.377. The first-order valence-electron chi connectivity index (χ1n) is 6.35. The second kappa shape index (κ2) is 5.28. The molecule has 15 heavy (non-hydrogen) atoms. The van der Waals surface area contributed by atoms with E-state index in [1.54, 1.807) is 0 Å². The molecule has 1 aliphatic carbocycles. The van der Waals surface area contributed by atoms with Crippen LogP contribution in [0.25, 0.3) is 0 Å². The summed E-state index contributed by atoms with van der Waals surface area (Å²) in [5.74, 6) is 0.548. The summed E-state index contributed by atoms with van der Waals surface area (Å²) in [7, 11) is 2.07. The molecule has 0 bridgehead atoms. The molecule has 2 fully saturated rings. The van der Waals surface area contributed by atoms with Gasteiger partial charge in [0, 0.05) is 25.2 Å². The molecule has 2 aliphatic rings. The van der Waals surface area contributed by atoms with Crippen molar-refractivity contribution in [3.8, 4) is 0 Å². The highest BCUT2D eigenvalue weighted by Crippen LogP contribution is 2.27. The summed E-state index contributed by atoms with van der Waals surface area (Å²) in [4.78, 5) is 2.60. The summed E-state index contributed by atoms with van der Waals surface area (Å²) in [6.45, 7) is 2.72. The maximum Gasteiger partial charge on any atom is 0.0471 e. The lowest BCUT2D eigenvalue weighted by Gasteiger charge is -2.34. The van der Waals surface area contributed by atoms with Gasteiger partial charge in [-0.1, -0.05) is 0 Å². The number of rotatable bonds is 3. The number of likely N-dealkylation sites (tertiary alicyclic amines) is 1. The van der Waals surface area contributed by atoms with Crippen molar-refractivity contribution in [3.63, 3.8) is 0 Å². The summed E-state index contributed by atoms with van der Waals surface area (Å²) in [6, 6.07) is 1.55. The van der Waals surface area contributed by atoms with Crippen molar-refractivity contribution in [2.75, 3.05) is 26.7 Å². The fourth-order valence-electron chi connectivity index (χ4n) is 3.07. The molecule has 0 aromatic carbocycles. The van der Waals surface area contributed by atoms with Crippen molar-refractivity contribution in [3.05, 3.63) is 0 Å². The third kappa shape index (κ3) is 2.71. The minimum absolute atomic E-state index is 0.377. The van der Waals surface area contributed by atoms with Gasteiger partial charge in [0.2, 0.25) is 0 Å². The highest BCUT2D eigenvalue weighted by Gasteiger charge is 2.30. The predicted octanol–water partition coefficient (Wildman–Crippen LogP) is 0.831. The smallest absolute Gasteiger partial charge is 0.0471 e. The Kier molecular flexibility index (Phi) is 4.00. The van der Waals surface area contributed by atoms with Crippen molar-refractivity contribution in [1.82, 2.24) is 10.2 Å². The maximum atomic E-state index is 9.13. The van der Waals surface area contributed by atoms with Crippen LogP contribution in [0.15, 0.2) is 0 Å². The standard InChI is InChI=1S/C12H24N2O/c1-13-11-2-4-12(5-3-11)14-7-6-10(8-14)9-15/h10-13,15H,2-9H2,1H3. The van der Waals surface area contributed by atoms with Crippen molar-refractivity contribution in [2.45, 2.75) is 44.2 Å². The van der Waals surface area contributed by atoms with E-state index in [4.69, 9.17) is 5.11 Å². The Balaban J connectivity index is 1.76.